The van der Waals surface area contributed by atoms with Crippen LogP contribution in [0.3, 0.4) is 0 Å². The third-order valence-electron chi connectivity index (χ3n) is 11.2. The Bertz CT molecular complexity index is 1270. The summed E-state index contributed by atoms with van der Waals surface area (Å²) >= 11 is 0. The molecular weight excluding hydrogens is 1130 g/mol. The molecule has 0 bridgehead atoms. The summed E-state index contributed by atoms with van der Waals surface area (Å²) in [6.45, 7) is 27.2. The Morgan fingerprint density at radius 2 is 0.447 bits per heavy atom. The number of aliphatic hydroxyl groups is 2. The molecule has 28 nitrogen and oxygen atoms in total. The van der Waals surface area contributed by atoms with Crippen LogP contribution in [-0.4, -0.2) is 371 Å². The predicted molar refractivity (Wildman–Crippen MR) is 310 cm³/mol. The fourth-order valence-corrected chi connectivity index (χ4v) is 6.78. The van der Waals surface area contributed by atoms with Gasteiger partial charge in [0.15, 0.2) is 0 Å². The number of nitrogens with zero attached hydrogens (tertiary/aromatic N) is 1. The minimum absolute atomic E-state index is 0.0385. The Kier molecular flexibility index (Phi) is 73.0. The molecule has 0 atom stereocenters. The summed E-state index contributed by atoms with van der Waals surface area (Å²) in [6.07, 6.45) is 1.91. The van der Waals surface area contributed by atoms with Gasteiger partial charge in [-0.15, -0.1) is 0 Å². The van der Waals surface area contributed by atoms with Crippen molar-refractivity contribution >= 4 is 5.97 Å². The molecule has 0 unspecified atom stereocenters. The van der Waals surface area contributed by atoms with Crippen molar-refractivity contribution in [2.24, 2.45) is 0 Å². The van der Waals surface area contributed by atoms with Crippen LogP contribution in [0.4, 0.5) is 0 Å². The number of carbonyl (C=O) groups is 1. The molecule has 0 rings (SSSR count). The van der Waals surface area contributed by atoms with Crippen molar-refractivity contribution < 1.29 is 133 Å². The summed E-state index contributed by atoms with van der Waals surface area (Å²) in [7, 11) is 1.64. The fraction of sp³-hybridized carbons (Fsp3) is 0.947. The third-order valence-corrected chi connectivity index (χ3v) is 11.2. The van der Waals surface area contributed by atoms with Crippen LogP contribution in [0.2, 0.25) is 0 Å². The Hall–Kier alpha value is -1.83. The number of hydrogen-bond donors (Lipinski definition) is 2. The van der Waals surface area contributed by atoms with Gasteiger partial charge in [0.1, 0.15) is 19.7 Å². The van der Waals surface area contributed by atoms with Gasteiger partial charge in [0.05, 0.1) is 330 Å². The van der Waals surface area contributed by atoms with Gasteiger partial charge in [-0.2, -0.15) is 0 Å². The molecule has 28 heteroatoms. The maximum Gasteiger partial charge on any atom is 0.311 e. The molecule has 2 N–H and O–H groups in total. The van der Waals surface area contributed by atoms with E-state index in [2.05, 4.69) is 6.58 Å². The number of carbonyl (C=O) groups excluding carboxylic acids is 1. The first-order valence-corrected chi connectivity index (χ1v) is 30.2. The van der Waals surface area contributed by atoms with Crippen LogP contribution in [-0.2, 0) is 118 Å². The molecule has 0 amide bonds. The standard InChI is InChI=1S/C57H114NO27/c1-3-5-58(7-9-59,8-10-60)6-4-57(61)85-56-55-84-54-53-83-52-51-82-50-49-81-48-47-80-46-45-79-44-43-78-42-41-77-40-39-76-38-37-75-36-35-74-34-33-73-32-31-72-30-29-71-28-27-70-26-25-69-24-23-68-22-21-67-20-19-66-18-17-65-16-15-64-14-13-63-12-11-62-2/h3,59-60H,1,4-56H2,2H3/q+1. The zero-order valence-electron chi connectivity index (χ0n) is 51.8. The van der Waals surface area contributed by atoms with Crippen molar-refractivity contribution in [2.45, 2.75) is 6.42 Å². The molecule has 0 spiro atoms. The molecule has 0 heterocycles. The normalized spacial score (nSPS) is 11.8. The molecule has 0 aliphatic rings. The molecule has 0 aromatic rings. The van der Waals surface area contributed by atoms with Crippen LogP contribution in [0.25, 0.3) is 0 Å². The summed E-state index contributed by atoms with van der Waals surface area (Å²) in [5, 5.41) is 18.8. The molecule has 0 aromatic carbocycles. The molecule has 0 aromatic heterocycles. The number of ether oxygens (including phenoxy) is 24. The molecule has 85 heavy (non-hydrogen) atoms. The highest BCUT2D eigenvalue weighted by Gasteiger charge is 2.26. The van der Waals surface area contributed by atoms with Crippen LogP contribution < -0.4 is 0 Å². The number of methoxy groups -OCH3 is 1. The number of aliphatic hydroxyl groups excluding tert-OH is 2. The van der Waals surface area contributed by atoms with E-state index in [0.29, 0.717) is 321 Å². The minimum atomic E-state index is -0.347. The molecule has 0 fully saturated rings. The fourth-order valence-electron chi connectivity index (χ4n) is 6.78. The van der Waals surface area contributed by atoms with Gasteiger partial charge < -0.3 is 128 Å². The van der Waals surface area contributed by atoms with Crippen LogP contribution >= 0.6 is 0 Å². The Balaban J connectivity index is 3.16. The van der Waals surface area contributed by atoms with Gasteiger partial charge in [0.25, 0.3) is 0 Å². The summed E-state index contributed by atoms with van der Waals surface area (Å²) in [4.78, 5) is 12.1. The van der Waals surface area contributed by atoms with Gasteiger partial charge in [-0.1, -0.05) is 6.58 Å². The predicted octanol–water partition coefficient (Wildman–Crippen LogP) is -0.0813. The molecule has 0 saturated carbocycles. The molecule has 508 valence electrons. The minimum Gasteiger partial charge on any atom is -0.463 e. The second-order valence-electron chi connectivity index (χ2n) is 17.9. The molecular formula is C57H114NO27+. The maximum absolute atomic E-state index is 12.1. The van der Waals surface area contributed by atoms with E-state index in [0.717, 1.165) is 0 Å². The summed E-state index contributed by atoms with van der Waals surface area (Å²) in [5.41, 5.74) is 0. The van der Waals surface area contributed by atoms with Crippen LogP contribution in [0, 0.1) is 0 Å². The second kappa shape index (κ2) is 74.6. The van der Waals surface area contributed by atoms with Crippen molar-refractivity contribution in [1.82, 2.24) is 0 Å². The van der Waals surface area contributed by atoms with E-state index in [9.17, 15) is 15.0 Å². The number of quaternary nitrogens is 1. The average Bonchev–Trinajstić information content (AvgIpc) is 3.69. The summed E-state index contributed by atoms with van der Waals surface area (Å²) in [5.74, 6) is -0.347. The van der Waals surface area contributed by atoms with Crippen LogP contribution in [0.5, 0.6) is 0 Å². The largest absolute Gasteiger partial charge is 0.463 e. The van der Waals surface area contributed by atoms with Gasteiger partial charge in [-0.25, -0.2) is 0 Å². The van der Waals surface area contributed by atoms with E-state index in [1.807, 2.05) is 0 Å². The van der Waals surface area contributed by atoms with E-state index in [4.69, 9.17) is 114 Å². The first-order chi connectivity index (χ1) is 42.1. The number of rotatable bonds is 78. The lowest BCUT2D eigenvalue weighted by Gasteiger charge is -2.36. The smallest absolute Gasteiger partial charge is 0.311 e. The second-order valence-corrected chi connectivity index (χ2v) is 17.9. The van der Waals surface area contributed by atoms with E-state index < -0.39 is 0 Å². The van der Waals surface area contributed by atoms with Gasteiger partial charge >= 0.3 is 5.97 Å². The molecule has 0 radical (unpaired) electrons. The highest BCUT2D eigenvalue weighted by molar-refractivity contribution is 5.69. The summed E-state index contributed by atoms with van der Waals surface area (Å²) in [6, 6.07) is 0. The van der Waals surface area contributed by atoms with Crippen molar-refractivity contribution in [3.05, 3.63) is 12.7 Å². The van der Waals surface area contributed by atoms with Gasteiger partial charge in [0.2, 0.25) is 0 Å². The number of esters is 1. The van der Waals surface area contributed by atoms with Crippen LogP contribution in [0.1, 0.15) is 6.42 Å². The van der Waals surface area contributed by atoms with E-state index in [-0.39, 0.29) is 38.8 Å². The molecule has 0 saturated heterocycles. The lowest BCUT2D eigenvalue weighted by molar-refractivity contribution is -0.922. The maximum atomic E-state index is 12.1. The van der Waals surface area contributed by atoms with Gasteiger partial charge in [-0.3, -0.25) is 4.79 Å². The SMILES string of the molecule is C=CC[N+](CCO)(CCO)CCC(=O)OCCOCCOCCOCCOCCOCCOCCOCCOCCOCCOCCOCCOCCOCCOCCOCCOCCOCCOCCOCCOCCOCCOCCOC. The van der Waals surface area contributed by atoms with Crippen molar-refractivity contribution in [3.63, 3.8) is 0 Å². The Morgan fingerprint density at radius 1 is 0.282 bits per heavy atom. The van der Waals surface area contributed by atoms with Gasteiger partial charge in [0, 0.05) is 7.11 Å². The van der Waals surface area contributed by atoms with Gasteiger partial charge in [-0.05, 0) is 6.08 Å². The lowest BCUT2D eigenvalue weighted by atomic mass is 10.2. The topological polar surface area (TPSA) is 279 Å². The monoisotopic (exact) mass is 1240 g/mol. The van der Waals surface area contributed by atoms with Crippen molar-refractivity contribution in [1.29, 1.82) is 0 Å². The zero-order chi connectivity index (χ0) is 61.2. The first kappa shape index (κ1) is 83.2. The van der Waals surface area contributed by atoms with E-state index >= 15 is 0 Å². The third kappa shape index (κ3) is 69.5. The molecule has 0 aliphatic carbocycles. The zero-order valence-corrected chi connectivity index (χ0v) is 51.8. The number of hydrogen-bond acceptors (Lipinski definition) is 27. The Labute approximate surface area is 507 Å². The Morgan fingerprint density at radius 3 is 0.600 bits per heavy atom. The van der Waals surface area contributed by atoms with Crippen molar-refractivity contribution in [3.8, 4) is 0 Å². The quantitative estimate of drug-likeness (QED) is 0.0349. The highest BCUT2D eigenvalue weighted by Crippen LogP contribution is 2.09. The van der Waals surface area contributed by atoms with E-state index in [1.54, 1.807) is 13.2 Å². The highest BCUT2D eigenvalue weighted by atomic mass is 16.6. The lowest BCUT2D eigenvalue weighted by Crippen LogP contribution is -2.52. The van der Waals surface area contributed by atoms with Crippen LogP contribution in [0.15, 0.2) is 12.7 Å². The summed E-state index contributed by atoms with van der Waals surface area (Å²) < 4.78 is 131. The molecule has 0 aliphatic heterocycles. The first-order valence-electron chi connectivity index (χ1n) is 30.2. The van der Waals surface area contributed by atoms with E-state index in [1.165, 1.54) is 0 Å². The van der Waals surface area contributed by atoms with Crippen molar-refractivity contribution in [2.75, 3.05) is 350 Å². The average molecular weight is 1250 g/mol.